The molecule has 0 saturated heterocycles. The second kappa shape index (κ2) is 7.67. The van der Waals surface area contributed by atoms with E-state index in [9.17, 15) is 8.78 Å². The summed E-state index contributed by atoms with van der Waals surface area (Å²) in [6, 6.07) is 14.9. The number of hydrogen-bond donors (Lipinski definition) is 1. The van der Waals surface area contributed by atoms with Gasteiger partial charge in [-0.2, -0.15) is 28.9 Å². The smallest absolute Gasteiger partial charge is 0.387 e. The summed E-state index contributed by atoms with van der Waals surface area (Å²) in [5.74, 6) is 0.467. The van der Waals surface area contributed by atoms with Gasteiger partial charge in [-0.05, 0) is 54.2 Å². The van der Waals surface area contributed by atoms with Crippen LogP contribution >= 0.6 is 12.2 Å². The van der Waals surface area contributed by atoms with Crippen LogP contribution in [0.2, 0.25) is 0 Å². The Kier molecular flexibility index (Phi) is 5.15. The van der Waals surface area contributed by atoms with Gasteiger partial charge in [-0.3, -0.25) is 0 Å². The van der Waals surface area contributed by atoms with E-state index in [0.29, 0.717) is 17.0 Å². The lowest BCUT2D eigenvalue weighted by molar-refractivity contribution is -0.0498. The van der Waals surface area contributed by atoms with Crippen molar-refractivity contribution in [1.82, 2.24) is 14.9 Å². The molecular formula is C17H11F2N5OS. The van der Waals surface area contributed by atoms with E-state index >= 15 is 0 Å². The summed E-state index contributed by atoms with van der Waals surface area (Å²) in [5, 5.41) is 19.9. The van der Waals surface area contributed by atoms with Crippen molar-refractivity contribution in [3.63, 3.8) is 0 Å². The average Bonchev–Trinajstić information content (AvgIpc) is 3.01. The Labute approximate surface area is 152 Å². The van der Waals surface area contributed by atoms with E-state index in [4.69, 9.17) is 17.5 Å². The lowest BCUT2D eigenvalue weighted by Crippen LogP contribution is -2.01. The first-order valence-corrected chi connectivity index (χ1v) is 7.75. The Morgan fingerprint density at radius 1 is 1.19 bits per heavy atom. The van der Waals surface area contributed by atoms with Gasteiger partial charge >= 0.3 is 6.61 Å². The molecule has 0 aliphatic rings. The Morgan fingerprint density at radius 3 is 2.50 bits per heavy atom. The maximum atomic E-state index is 12.2. The van der Waals surface area contributed by atoms with E-state index in [1.807, 2.05) is 6.07 Å². The number of benzene rings is 2. The highest BCUT2D eigenvalue weighted by atomic mass is 32.1. The van der Waals surface area contributed by atoms with Crippen molar-refractivity contribution in [3.8, 4) is 23.2 Å². The van der Waals surface area contributed by atoms with E-state index < -0.39 is 6.61 Å². The molecule has 3 aromatic rings. The van der Waals surface area contributed by atoms with Crippen molar-refractivity contribution in [2.24, 2.45) is 5.10 Å². The first kappa shape index (κ1) is 17.4. The largest absolute Gasteiger partial charge is 0.435 e. The summed E-state index contributed by atoms with van der Waals surface area (Å²) in [6.07, 6.45) is 1.57. The summed E-state index contributed by atoms with van der Waals surface area (Å²) in [5.41, 5.74) is 1.95. The van der Waals surface area contributed by atoms with E-state index in [0.717, 1.165) is 5.56 Å². The van der Waals surface area contributed by atoms with Crippen LogP contribution < -0.4 is 4.74 Å². The monoisotopic (exact) mass is 371 g/mol. The third-order valence-corrected chi connectivity index (χ3v) is 3.61. The molecule has 0 aliphatic heterocycles. The third-order valence-electron chi connectivity index (χ3n) is 3.35. The molecule has 0 bridgehead atoms. The Hall–Kier alpha value is -3.38. The second-order valence-corrected chi connectivity index (χ2v) is 5.43. The minimum Gasteiger partial charge on any atom is -0.435 e. The number of nitriles is 1. The fraction of sp³-hybridized carbons (Fsp3) is 0.0588. The van der Waals surface area contributed by atoms with Crippen LogP contribution in [0.4, 0.5) is 8.78 Å². The molecule has 0 amide bonds. The van der Waals surface area contributed by atoms with Gasteiger partial charge in [0.2, 0.25) is 4.77 Å². The minimum absolute atomic E-state index is 0.0468. The highest BCUT2D eigenvalue weighted by Gasteiger charge is 2.09. The van der Waals surface area contributed by atoms with Gasteiger partial charge in [0, 0.05) is 5.56 Å². The van der Waals surface area contributed by atoms with Gasteiger partial charge in [-0.15, -0.1) is 0 Å². The zero-order valence-electron chi connectivity index (χ0n) is 13.1. The normalized spacial score (nSPS) is 11.0. The number of H-pyrrole nitrogens is 1. The van der Waals surface area contributed by atoms with Crippen molar-refractivity contribution in [3.05, 3.63) is 64.4 Å². The lowest BCUT2D eigenvalue weighted by atomic mass is 10.2. The number of nitrogens with one attached hydrogen (secondary N) is 1. The van der Waals surface area contributed by atoms with Gasteiger partial charge in [0.1, 0.15) is 5.75 Å². The topological polar surface area (TPSA) is 79.0 Å². The number of halogens is 2. The maximum Gasteiger partial charge on any atom is 0.387 e. The van der Waals surface area contributed by atoms with Gasteiger partial charge < -0.3 is 4.74 Å². The lowest BCUT2D eigenvalue weighted by Gasteiger charge is -2.05. The highest BCUT2D eigenvalue weighted by molar-refractivity contribution is 7.71. The fourth-order valence-corrected chi connectivity index (χ4v) is 2.32. The summed E-state index contributed by atoms with van der Waals surface area (Å²) in [4.78, 5) is 0. The Bertz CT molecular complexity index is 1020. The van der Waals surface area contributed by atoms with Crippen LogP contribution in [0.25, 0.3) is 11.4 Å². The average molecular weight is 371 g/mol. The predicted octanol–water partition coefficient (Wildman–Crippen LogP) is 3.96. The van der Waals surface area contributed by atoms with Crippen LogP contribution in [0.15, 0.2) is 53.6 Å². The molecule has 0 fully saturated rings. The molecule has 0 atom stereocenters. The van der Waals surface area contributed by atoms with Crippen LogP contribution in [-0.4, -0.2) is 27.7 Å². The summed E-state index contributed by atoms with van der Waals surface area (Å²) < 4.78 is 30.5. The Morgan fingerprint density at radius 2 is 1.88 bits per heavy atom. The van der Waals surface area contributed by atoms with Crippen molar-refractivity contribution >= 4 is 18.4 Å². The molecule has 9 heteroatoms. The number of aromatic amines is 1. The number of aromatic nitrogens is 3. The maximum absolute atomic E-state index is 12.2. The predicted molar refractivity (Wildman–Crippen MR) is 93.6 cm³/mol. The molecule has 0 radical (unpaired) electrons. The molecule has 0 spiro atoms. The molecule has 1 aromatic heterocycles. The number of ether oxygens (including phenoxy) is 1. The number of rotatable bonds is 5. The van der Waals surface area contributed by atoms with E-state index in [1.165, 1.54) is 16.8 Å². The van der Waals surface area contributed by atoms with Crippen molar-refractivity contribution in [2.75, 3.05) is 0 Å². The standard InChI is InChI=1S/C17H11F2N5OS/c18-16(19)25-14-7-5-13(6-8-14)15-22-23-17(26)24(15)21-10-12-3-1-11(9-20)2-4-12/h1-8,10,16H,(H,23,26). The van der Waals surface area contributed by atoms with Crippen LogP contribution in [-0.2, 0) is 0 Å². The third kappa shape index (κ3) is 3.99. The van der Waals surface area contributed by atoms with Crippen LogP contribution in [0.1, 0.15) is 11.1 Å². The van der Waals surface area contributed by atoms with Crippen molar-refractivity contribution < 1.29 is 13.5 Å². The van der Waals surface area contributed by atoms with Gasteiger partial charge in [0.15, 0.2) is 5.82 Å². The van der Waals surface area contributed by atoms with Gasteiger partial charge in [0.05, 0.1) is 17.8 Å². The summed E-state index contributed by atoms with van der Waals surface area (Å²) in [6.45, 7) is -2.88. The number of hydrogen-bond acceptors (Lipinski definition) is 5. The number of nitrogens with zero attached hydrogens (tertiary/aromatic N) is 4. The first-order valence-electron chi connectivity index (χ1n) is 7.34. The molecule has 26 heavy (non-hydrogen) atoms. The van der Waals surface area contributed by atoms with Crippen LogP contribution in [0.3, 0.4) is 0 Å². The molecular weight excluding hydrogens is 360 g/mol. The second-order valence-electron chi connectivity index (χ2n) is 5.05. The molecule has 0 saturated carbocycles. The SMILES string of the molecule is N#Cc1ccc(C=Nn2c(-c3ccc(OC(F)F)cc3)n[nH]c2=S)cc1. The molecule has 6 nitrogen and oxygen atoms in total. The van der Waals surface area contributed by atoms with E-state index in [1.54, 1.807) is 42.6 Å². The van der Waals surface area contributed by atoms with Gasteiger partial charge in [-0.1, -0.05) is 12.1 Å². The van der Waals surface area contributed by atoms with Crippen LogP contribution in [0.5, 0.6) is 5.75 Å². The summed E-state index contributed by atoms with van der Waals surface area (Å²) in [7, 11) is 0. The van der Waals surface area contributed by atoms with Crippen LogP contribution in [0, 0.1) is 16.1 Å². The molecule has 1 N–H and O–H groups in total. The zero-order valence-corrected chi connectivity index (χ0v) is 14.0. The van der Waals surface area contributed by atoms with Crippen molar-refractivity contribution in [2.45, 2.75) is 6.61 Å². The molecule has 1 heterocycles. The first-order chi connectivity index (χ1) is 12.6. The molecule has 130 valence electrons. The molecule has 0 unspecified atom stereocenters. The van der Waals surface area contributed by atoms with Crippen molar-refractivity contribution in [1.29, 1.82) is 5.26 Å². The van der Waals surface area contributed by atoms with Gasteiger partial charge in [0.25, 0.3) is 0 Å². The molecule has 3 rings (SSSR count). The minimum atomic E-state index is -2.88. The zero-order chi connectivity index (χ0) is 18.5. The molecule has 0 aliphatic carbocycles. The van der Waals surface area contributed by atoms with E-state index in [-0.39, 0.29) is 10.5 Å². The van der Waals surface area contributed by atoms with Gasteiger partial charge in [-0.25, -0.2) is 5.10 Å². The Balaban J connectivity index is 1.87. The highest BCUT2D eigenvalue weighted by Crippen LogP contribution is 2.22. The fourth-order valence-electron chi connectivity index (χ4n) is 2.14. The number of alkyl halides is 2. The van der Waals surface area contributed by atoms with E-state index in [2.05, 4.69) is 20.0 Å². The summed E-state index contributed by atoms with van der Waals surface area (Å²) >= 11 is 5.17. The quantitative estimate of drug-likeness (QED) is 0.544. The molecule has 2 aromatic carbocycles.